The molecule has 2 heterocycles. The Kier molecular flexibility index (Phi) is 6.74. The van der Waals surface area contributed by atoms with E-state index < -0.39 is 10.0 Å². The summed E-state index contributed by atoms with van der Waals surface area (Å²) in [4.78, 5) is 30.1. The van der Waals surface area contributed by atoms with Gasteiger partial charge in [0.1, 0.15) is 0 Å². The zero-order chi connectivity index (χ0) is 21.8. The molecule has 1 N–H and O–H groups in total. The van der Waals surface area contributed by atoms with Crippen molar-refractivity contribution in [2.24, 2.45) is 5.92 Å². The van der Waals surface area contributed by atoms with Gasteiger partial charge in [-0.2, -0.15) is 0 Å². The van der Waals surface area contributed by atoms with E-state index in [2.05, 4.69) is 4.72 Å². The van der Waals surface area contributed by atoms with Crippen molar-refractivity contribution in [3.05, 3.63) is 52.2 Å². The number of benzene rings is 1. The minimum absolute atomic E-state index is 0.0740. The van der Waals surface area contributed by atoms with Gasteiger partial charge in [0.15, 0.2) is 0 Å². The number of thiophene rings is 1. The summed E-state index contributed by atoms with van der Waals surface area (Å²) in [5, 5.41) is 1.89. The maximum Gasteiger partial charge on any atom is 0.254 e. The second-order valence-electron chi connectivity index (χ2n) is 8.03. The number of nitrogens with one attached hydrogen (secondary N) is 1. The predicted octanol–water partition coefficient (Wildman–Crippen LogP) is 2.70. The minimum atomic E-state index is -3.72. The molecule has 2 fully saturated rings. The molecule has 0 spiro atoms. The number of sulfonamides is 1. The van der Waals surface area contributed by atoms with Gasteiger partial charge in [0, 0.05) is 49.1 Å². The van der Waals surface area contributed by atoms with Gasteiger partial charge in [-0.3, -0.25) is 9.59 Å². The Morgan fingerprint density at radius 3 is 2.39 bits per heavy atom. The van der Waals surface area contributed by atoms with E-state index in [1.807, 2.05) is 22.4 Å². The van der Waals surface area contributed by atoms with Crippen molar-refractivity contribution < 1.29 is 18.0 Å². The summed E-state index contributed by atoms with van der Waals surface area (Å²) in [6.07, 6.45) is 4.19. The van der Waals surface area contributed by atoms with Crippen LogP contribution >= 0.6 is 11.3 Å². The van der Waals surface area contributed by atoms with Gasteiger partial charge in [0.25, 0.3) is 5.91 Å². The van der Waals surface area contributed by atoms with Gasteiger partial charge < -0.3 is 9.80 Å². The smallest absolute Gasteiger partial charge is 0.254 e. The van der Waals surface area contributed by atoms with Crippen LogP contribution in [0.5, 0.6) is 0 Å². The maximum atomic E-state index is 13.0. The summed E-state index contributed by atoms with van der Waals surface area (Å²) in [5.74, 6) is 0.156. The van der Waals surface area contributed by atoms with Gasteiger partial charge in [-0.15, -0.1) is 11.3 Å². The number of hydrogen-bond donors (Lipinski definition) is 1. The molecule has 1 aromatic heterocycles. The SMILES string of the molecule is O=C(c1cccc(S(=O)(=O)NCc2cccs2)c1)N1CCN(C(=O)C2CCCC2)CC1. The standard InChI is InChI=1S/C22H27N3O4S2/c26-21(17-5-1-2-6-17)24-10-12-25(13-11-24)22(27)18-7-3-9-20(15-18)31(28,29)23-16-19-8-4-14-30-19/h3-4,7-9,14-15,17,23H,1-2,5-6,10-13,16H2. The van der Waals surface area contributed by atoms with Gasteiger partial charge in [0.05, 0.1) is 4.90 Å². The molecule has 166 valence electrons. The molecule has 2 amide bonds. The third kappa shape index (κ3) is 5.16. The summed E-state index contributed by atoms with van der Waals surface area (Å²) < 4.78 is 27.9. The molecule has 1 saturated heterocycles. The first-order valence-corrected chi connectivity index (χ1v) is 13.0. The lowest BCUT2D eigenvalue weighted by atomic mass is 10.1. The lowest BCUT2D eigenvalue weighted by molar-refractivity contribution is -0.136. The Bertz CT molecular complexity index is 1020. The number of nitrogens with zero attached hydrogens (tertiary/aromatic N) is 2. The molecule has 0 unspecified atom stereocenters. The van der Waals surface area contributed by atoms with E-state index in [4.69, 9.17) is 0 Å². The third-order valence-electron chi connectivity index (χ3n) is 5.99. The summed E-state index contributed by atoms with van der Waals surface area (Å²) in [6, 6.07) is 9.88. The molecule has 4 rings (SSSR count). The third-order valence-corrected chi connectivity index (χ3v) is 8.27. The normalized spacial score (nSPS) is 17.8. The molecular weight excluding hydrogens is 434 g/mol. The van der Waals surface area contributed by atoms with Crippen LogP contribution < -0.4 is 4.72 Å². The largest absolute Gasteiger partial charge is 0.339 e. The van der Waals surface area contributed by atoms with E-state index in [-0.39, 0.29) is 29.2 Å². The fourth-order valence-corrected chi connectivity index (χ4v) is 5.99. The fourth-order valence-electron chi connectivity index (χ4n) is 4.20. The highest BCUT2D eigenvalue weighted by Crippen LogP contribution is 2.27. The monoisotopic (exact) mass is 461 g/mol. The molecule has 1 saturated carbocycles. The first-order valence-electron chi connectivity index (χ1n) is 10.6. The van der Waals surface area contributed by atoms with Crippen molar-refractivity contribution in [3.8, 4) is 0 Å². The Labute approximate surface area is 187 Å². The van der Waals surface area contributed by atoms with E-state index in [9.17, 15) is 18.0 Å². The highest BCUT2D eigenvalue weighted by atomic mass is 32.2. The lowest BCUT2D eigenvalue weighted by Crippen LogP contribution is -2.51. The van der Waals surface area contributed by atoms with Crippen molar-refractivity contribution in [3.63, 3.8) is 0 Å². The Morgan fingerprint density at radius 2 is 1.71 bits per heavy atom. The van der Waals surface area contributed by atoms with Crippen molar-refractivity contribution in [1.29, 1.82) is 0 Å². The van der Waals surface area contributed by atoms with Gasteiger partial charge in [-0.25, -0.2) is 13.1 Å². The number of hydrogen-bond acceptors (Lipinski definition) is 5. The molecular formula is C22H27N3O4S2. The van der Waals surface area contributed by atoms with Gasteiger partial charge in [-0.1, -0.05) is 25.0 Å². The van der Waals surface area contributed by atoms with E-state index in [0.717, 1.165) is 30.6 Å². The summed E-state index contributed by atoms with van der Waals surface area (Å²) >= 11 is 1.48. The summed E-state index contributed by atoms with van der Waals surface area (Å²) in [7, 11) is -3.72. The first kappa shape index (κ1) is 22.0. The van der Waals surface area contributed by atoms with Crippen molar-refractivity contribution in [2.75, 3.05) is 26.2 Å². The number of amides is 2. The second kappa shape index (κ2) is 9.50. The number of piperazine rings is 1. The van der Waals surface area contributed by atoms with Gasteiger partial charge in [-0.05, 0) is 42.5 Å². The van der Waals surface area contributed by atoms with Crippen LogP contribution in [-0.2, 0) is 21.4 Å². The number of carbonyl (C=O) groups excluding carboxylic acids is 2. The molecule has 31 heavy (non-hydrogen) atoms. The van der Waals surface area contributed by atoms with E-state index in [1.165, 1.54) is 23.5 Å². The average molecular weight is 462 g/mol. The van der Waals surface area contributed by atoms with Crippen LogP contribution in [0.1, 0.15) is 40.9 Å². The zero-order valence-electron chi connectivity index (χ0n) is 17.3. The Hall–Kier alpha value is -2.23. The Morgan fingerprint density at radius 1 is 1.00 bits per heavy atom. The topological polar surface area (TPSA) is 86.8 Å². The molecule has 1 aliphatic heterocycles. The van der Waals surface area contributed by atoms with E-state index in [1.54, 1.807) is 17.0 Å². The van der Waals surface area contributed by atoms with Crippen LogP contribution in [-0.4, -0.2) is 56.2 Å². The highest BCUT2D eigenvalue weighted by molar-refractivity contribution is 7.89. The lowest BCUT2D eigenvalue weighted by Gasteiger charge is -2.36. The average Bonchev–Trinajstić information content (AvgIpc) is 3.51. The van der Waals surface area contributed by atoms with Gasteiger partial charge in [0.2, 0.25) is 15.9 Å². The van der Waals surface area contributed by atoms with Crippen LogP contribution in [0.15, 0.2) is 46.7 Å². The van der Waals surface area contributed by atoms with Crippen LogP contribution in [0.4, 0.5) is 0 Å². The van der Waals surface area contributed by atoms with E-state index in [0.29, 0.717) is 31.7 Å². The molecule has 2 aromatic rings. The quantitative estimate of drug-likeness (QED) is 0.717. The predicted molar refractivity (Wildman–Crippen MR) is 119 cm³/mol. The molecule has 0 atom stereocenters. The highest BCUT2D eigenvalue weighted by Gasteiger charge is 2.31. The van der Waals surface area contributed by atoms with Crippen LogP contribution in [0.3, 0.4) is 0 Å². The zero-order valence-corrected chi connectivity index (χ0v) is 19.0. The second-order valence-corrected chi connectivity index (χ2v) is 10.8. The van der Waals surface area contributed by atoms with Crippen LogP contribution in [0.2, 0.25) is 0 Å². The van der Waals surface area contributed by atoms with Crippen LogP contribution in [0.25, 0.3) is 0 Å². The van der Waals surface area contributed by atoms with Crippen molar-refractivity contribution in [2.45, 2.75) is 37.1 Å². The van der Waals surface area contributed by atoms with Crippen molar-refractivity contribution >= 4 is 33.2 Å². The first-order chi connectivity index (χ1) is 14.9. The molecule has 7 nitrogen and oxygen atoms in total. The van der Waals surface area contributed by atoms with Crippen molar-refractivity contribution in [1.82, 2.24) is 14.5 Å². The molecule has 9 heteroatoms. The molecule has 1 aliphatic carbocycles. The van der Waals surface area contributed by atoms with Gasteiger partial charge >= 0.3 is 0 Å². The van der Waals surface area contributed by atoms with E-state index >= 15 is 0 Å². The molecule has 1 aromatic carbocycles. The Balaban J connectivity index is 1.37. The molecule has 2 aliphatic rings. The summed E-state index contributed by atoms with van der Waals surface area (Å²) in [5.41, 5.74) is 0.342. The molecule has 0 radical (unpaired) electrons. The number of rotatable bonds is 6. The number of carbonyl (C=O) groups is 2. The fraction of sp³-hybridized carbons (Fsp3) is 0.455. The minimum Gasteiger partial charge on any atom is -0.339 e. The van der Waals surface area contributed by atoms with Crippen LogP contribution in [0, 0.1) is 5.92 Å². The maximum absolute atomic E-state index is 13.0. The molecule has 0 bridgehead atoms. The summed E-state index contributed by atoms with van der Waals surface area (Å²) in [6.45, 7) is 2.20.